The van der Waals surface area contributed by atoms with Crippen LogP contribution in [0.15, 0.2) is 24.3 Å². The summed E-state index contributed by atoms with van der Waals surface area (Å²) >= 11 is 0. The minimum atomic E-state index is -1.39. The molecule has 0 radical (unpaired) electrons. The van der Waals surface area contributed by atoms with Gasteiger partial charge in [0.1, 0.15) is 5.54 Å². The number of nitrogens with one attached hydrogen (secondary N) is 2. The molecule has 4 amide bonds. The van der Waals surface area contributed by atoms with Gasteiger partial charge in [-0.05, 0) is 6.07 Å². The van der Waals surface area contributed by atoms with Gasteiger partial charge in [-0.2, -0.15) is 0 Å². The van der Waals surface area contributed by atoms with E-state index in [1.807, 2.05) is 0 Å². The van der Waals surface area contributed by atoms with E-state index in [0.29, 0.717) is 11.3 Å². The van der Waals surface area contributed by atoms with Crippen LogP contribution in [0.25, 0.3) is 0 Å². The van der Waals surface area contributed by atoms with Crippen molar-refractivity contribution in [3.8, 4) is 0 Å². The van der Waals surface area contributed by atoms with Gasteiger partial charge < -0.3 is 15.8 Å². The van der Waals surface area contributed by atoms with Gasteiger partial charge in [-0.1, -0.05) is 18.2 Å². The fourth-order valence-electron chi connectivity index (χ4n) is 4.61. The molecule has 0 aliphatic carbocycles. The Hall–Kier alpha value is -2.78. The van der Waals surface area contributed by atoms with Gasteiger partial charge >= 0.3 is 0 Å². The number of hydrogen-bond donors (Lipinski definition) is 3. The fourth-order valence-corrected chi connectivity index (χ4v) is 4.61. The predicted molar refractivity (Wildman–Crippen MR) is 93.1 cm³/mol. The van der Waals surface area contributed by atoms with E-state index in [9.17, 15) is 19.2 Å². The number of methoxy groups -OCH3 is 1. The summed E-state index contributed by atoms with van der Waals surface area (Å²) in [7, 11) is 1.48. The van der Waals surface area contributed by atoms with E-state index < -0.39 is 47.0 Å². The average Bonchev–Trinajstić information content (AvgIpc) is 3.19. The number of nitrogens with two attached hydrogens (primary N) is 1. The molecule has 9 heteroatoms. The minimum absolute atomic E-state index is 0.101. The van der Waals surface area contributed by atoms with Gasteiger partial charge in [0.25, 0.3) is 0 Å². The van der Waals surface area contributed by atoms with E-state index in [2.05, 4.69) is 10.6 Å². The molecule has 3 aliphatic rings. The number of carbonyl (C=O) groups excluding carboxylic acids is 4. The molecule has 4 atom stereocenters. The third-order valence-electron chi connectivity index (χ3n) is 5.65. The first kappa shape index (κ1) is 17.6. The smallest absolute Gasteiger partial charge is 0.250 e. The number of anilines is 1. The largest absolute Gasteiger partial charge is 0.383 e. The number of para-hydroxylation sites is 1. The van der Waals surface area contributed by atoms with Crippen LogP contribution in [0.1, 0.15) is 12.0 Å². The lowest BCUT2D eigenvalue weighted by Crippen LogP contribution is -2.53. The predicted octanol–water partition coefficient (Wildman–Crippen LogP) is -1.07. The van der Waals surface area contributed by atoms with Crippen LogP contribution < -0.4 is 16.4 Å². The number of imide groups is 1. The van der Waals surface area contributed by atoms with Crippen molar-refractivity contribution in [2.45, 2.75) is 18.0 Å². The van der Waals surface area contributed by atoms with Gasteiger partial charge in [0.2, 0.25) is 23.6 Å². The Morgan fingerprint density at radius 2 is 2.00 bits per heavy atom. The van der Waals surface area contributed by atoms with Crippen molar-refractivity contribution in [1.29, 1.82) is 0 Å². The van der Waals surface area contributed by atoms with E-state index in [1.165, 1.54) is 7.11 Å². The Kier molecular flexibility index (Phi) is 4.01. The minimum Gasteiger partial charge on any atom is -0.383 e. The van der Waals surface area contributed by atoms with Crippen LogP contribution in [0.5, 0.6) is 0 Å². The first-order valence-corrected chi connectivity index (χ1v) is 8.73. The number of carbonyl (C=O) groups is 4. The Morgan fingerprint density at radius 3 is 2.70 bits per heavy atom. The molecule has 1 aromatic rings. The van der Waals surface area contributed by atoms with E-state index in [0.717, 1.165) is 4.90 Å². The number of benzene rings is 1. The third-order valence-corrected chi connectivity index (χ3v) is 5.65. The summed E-state index contributed by atoms with van der Waals surface area (Å²) in [5, 5.41) is 5.92. The number of likely N-dealkylation sites (tertiary alicyclic amines) is 1. The zero-order chi connectivity index (χ0) is 19.3. The second-order valence-electron chi connectivity index (χ2n) is 7.05. The number of ether oxygens (including phenoxy) is 1. The number of hydrogen-bond acceptors (Lipinski definition) is 6. The summed E-state index contributed by atoms with van der Waals surface area (Å²) in [6.07, 6.45) is -0.143. The molecule has 142 valence electrons. The molecule has 0 bridgehead atoms. The van der Waals surface area contributed by atoms with Gasteiger partial charge in [-0.15, -0.1) is 0 Å². The summed E-state index contributed by atoms with van der Waals surface area (Å²) in [4.78, 5) is 51.8. The molecule has 3 aliphatic heterocycles. The SMILES string of the molecule is COCCN1C(=O)C2C(CC(N)=O)NC3(C(=O)Nc4ccccc43)C2C1=O. The molecular formula is C18H20N4O5. The van der Waals surface area contributed by atoms with Gasteiger partial charge in [-0.3, -0.25) is 29.4 Å². The highest BCUT2D eigenvalue weighted by Gasteiger charge is 2.70. The van der Waals surface area contributed by atoms with Crippen LogP contribution in [0.4, 0.5) is 5.69 Å². The molecule has 4 N–H and O–H groups in total. The first-order valence-electron chi connectivity index (χ1n) is 8.73. The normalized spacial score (nSPS) is 31.4. The molecule has 0 aromatic heterocycles. The average molecular weight is 372 g/mol. The van der Waals surface area contributed by atoms with Crippen LogP contribution in [-0.2, 0) is 29.5 Å². The topological polar surface area (TPSA) is 131 Å². The van der Waals surface area contributed by atoms with Gasteiger partial charge in [0, 0.05) is 30.8 Å². The molecule has 0 saturated carbocycles. The van der Waals surface area contributed by atoms with Crippen LogP contribution >= 0.6 is 0 Å². The number of fused-ring (bicyclic) bond motifs is 4. The number of primary amides is 1. The summed E-state index contributed by atoms with van der Waals surface area (Å²) in [5.74, 6) is -3.62. The van der Waals surface area contributed by atoms with Crippen molar-refractivity contribution < 1.29 is 23.9 Å². The van der Waals surface area contributed by atoms with Crippen LogP contribution in [0, 0.1) is 11.8 Å². The third kappa shape index (κ3) is 2.31. The highest BCUT2D eigenvalue weighted by atomic mass is 16.5. The van der Waals surface area contributed by atoms with Crippen molar-refractivity contribution >= 4 is 29.3 Å². The van der Waals surface area contributed by atoms with Crippen molar-refractivity contribution in [3.63, 3.8) is 0 Å². The highest BCUT2D eigenvalue weighted by Crippen LogP contribution is 2.53. The quantitative estimate of drug-likeness (QED) is 0.564. The van der Waals surface area contributed by atoms with Crippen LogP contribution in [0.3, 0.4) is 0 Å². The zero-order valence-corrected chi connectivity index (χ0v) is 14.7. The highest BCUT2D eigenvalue weighted by molar-refractivity contribution is 6.15. The lowest BCUT2D eigenvalue weighted by molar-refractivity contribution is -0.143. The molecule has 3 heterocycles. The summed E-state index contributed by atoms with van der Waals surface area (Å²) < 4.78 is 4.99. The number of rotatable bonds is 5. The monoisotopic (exact) mass is 372 g/mol. The van der Waals surface area contributed by atoms with E-state index >= 15 is 0 Å². The number of nitrogens with zero attached hydrogens (tertiary/aromatic N) is 1. The number of amides is 4. The van der Waals surface area contributed by atoms with Gasteiger partial charge in [0.15, 0.2) is 0 Å². The van der Waals surface area contributed by atoms with Crippen LogP contribution in [0.2, 0.25) is 0 Å². The molecular weight excluding hydrogens is 352 g/mol. The lowest BCUT2D eigenvalue weighted by Gasteiger charge is -2.29. The van der Waals surface area contributed by atoms with E-state index in [1.54, 1.807) is 24.3 Å². The Balaban J connectivity index is 1.83. The molecule has 2 fully saturated rings. The Labute approximate surface area is 155 Å². The molecule has 27 heavy (non-hydrogen) atoms. The maximum Gasteiger partial charge on any atom is 0.250 e. The Morgan fingerprint density at radius 1 is 1.26 bits per heavy atom. The molecule has 1 aromatic carbocycles. The standard InChI is InChI=1S/C18H20N4O5/c1-27-7-6-22-15(24)13-11(8-12(19)23)21-18(14(13)16(22)25)9-4-2-3-5-10(9)20-17(18)26/h2-5,11,13-14,21H,6-8H2,1H3,(H2,19,23)(H,20,26). The van der Waals surface area contributed by atoms with Crippen molar-refractivity contribution in [2.75, 3.05) is 25.6 Å². The second-order valence-corrected chi connectivity index (χ2v) is 7.05. The van der Waals surface area contributed by atoms with Crippen molar-refractivity contribution in [2.24, 2.45) is 17.6 Å². The molecule has 4 unspecified atom stereocenters. The fraction of sp³-hybridized carbons (Fsp3) is 0.444. The Bertz CT molecular complexity index is 856. The maximum atomic E-state index is 13.2. The first-order chi connectivity index (χ1) is 12.9. The van der Waals surface area contributed by atoms with E-state index in [4.69, 9.17) is 10.5 Å². The lowest BCUT2D eigenvalue weighted by atomic mass is 9.76. The van der Waals surface area contributed by atoms with E-state index in [-0.39, 0.29) is 19.6 Å². The summed E-state index contributed by atoms with van der Waals surface area (Å²) in [6.45, 7) is 0.296. The molecule has 1 spiro atoms. The maximum absolute atomic E-state index is 13.2. The van der Waals surface area contributed by atoms with Gasteiger partial charge in [-0.25, -0.2) is 0 Å². The van der Waals surface area contributed by atoms with Crippen LogP contribution in [-0.4, -0.2) is 54.8 Å². The van der Waals surface area contributed by atoms with Gasteiger partial charge in [0.05, 0.1) is 25.0 Å². The van der Waals surface area contributed by atoms with Crippen molar-refractivity contribution in [3.05, 3.63) is 29.8 Å². The summed E-state index contributed by atoms with van der Waals surface area (Å²) in [5.41, 5.74) is 5.15. The zero-order valence-electron chi connectivity index (χ0n) is 14.7. The second kappa shape index (κ2) is 6.14. The molecule has 4 rings (SSSR count). The van der Waals surface area contributed by atoms with Crippen molar-refractivity contribution in [1.82, 2.24) is 10.2 Å². The summed E-state index contributed by atoms with van der Waals surface area (Å²) in [6, 6.07) is 6.33. The molecule has 2 saturated heterocycles. The molecule has 9 nitrogen and oxygen atoms in total.